The lowest BCUT2D eigenvalue weighted by molar-refractivity contribution is -0.385. The third-order valence-corrected chi connectivity index (χ3v) is 6.39. The summed E-state index contributed by atoms with van der Waals surface area (Å²) in [6.07, 6.45) is 1.49. The molecule has 3 aromatic rings. The standard InChI is InChI=1S/C26H23N3O6S/c1-33-20-11-9-17(10-12-20)16-28-25(30)24(36-26(28)27-19-7-5-4-6-8-19)14-18-13-22(34-2)23(35-3)15-21(18)29(31)32/h4-15H,16H2,1-3H3/b24-14-,27-26?. The third kappa shape index (κ3) is 5.33. The number of ether oxygens (including phenoxy) is 3. The third-order valence-electron chi connectivity index (χ3n) is 5.38. The number of amidine groups is 1. The molecule has 1 heterocycles. The van der Waals surface area contributed by atoms with Crippen LogP contribution in [0.5, 0.6) is 17.2 Å². The summed E-state index contributed by atoms with van der Waals surface area (Å²) in [6.45, 7) is 0.271. The van der Waals surface area contributed by atoms with E-state index in [1.807, 2.05) is 54.6 Å². The molecule has 10 heteroatoms. The normalized spacial score (nSPS) is 15.4. The fraction of sp³-hybridized carbons (Fsp3) is 0.154. The number of amides is 1. The number of carbonyl (C=O) groups is 1. The van der Waals surface area contributed by atoms with Crippen LogP contribution in [0, 0.1) is 10.1 Å². The Kier molecular flexibility index (Phi) is 7.55. The molecule has 0 unspecified atom stereocenters. The second-order valence-corrected chi connectivity index (χ2v) is 8.61. The van der Waals surface area contributed by atoms with Gasteiger partial charge in [0.15, 0.2) is 16.7 Å². The number of hydrogen-bond donors (Lipinski definition) is 0. The number of thioether (sulfide) groups is 1. The first-order valence-electron chi connectivity index (χ1n) is 10.8. The van der Waals surface area contributed by atoms with Crippen LogP contribution in [0.4, 0.5) is 11.4 Å². The van der Waals surface area contributed by atoms with E-state index in [-0.39, 0.29) is 29.5 Å². The predicted octanol–water partition coefficient (Wildman–Crippen LogP) is 5.42. The van der Waals surface area contributed by atoms with Gasteiger partial charge >= 0.3 is 0 Å². The van der Waals surface area contributed by atoms with Gasteiger partial charge in [0.05, 0.1) is 55.0 Å². The Hall–Kier alpha value is -4.31. The van der Waals surface area contributed by atoms with Crippen LogP contribution in [-0.4, -0.2) is 42.2 Å². The van der Waals surface area contributed by atoms with Crippen molar-refractivity contribution in [3.05, 3.63) is 92.9 Å². The zero-order chi connectivity index (χ0) is 25.7. The maximum Gasteiger partial charge on any atom is 0.280 e. The Morgan fingerprint density at radius 3 is 2.25 bits per heavy atom. The van der Waals surface area contributed by atoms with E-state index in [9.17, 15) is 14.9 Å². The molecule has 0 bridgehead atoms. The summed E-state index contributed by atoms with van der Waals surface area (Å²) in [5.41, 5.74) is 1.58. The van der Waals surface area contributed by atoms with E-state index in [1.54, 1.807) is 12.0 Å². The van der Waals surface area contributed by atoms with E-state index in [1.165, 1.54) is 32.4 Å². The van der Waals surface area contributed by atoms with Crippen molar-refractivity contribution in [3.63, 3.8) is 0 Å². The number of carbonyl (C=O) groups excluding carboxylic acids is 1. The van der Waals surface area contributed by atoms with Crippen molar-refractivity contribution in [1.82, 2.24) is 4.90 Å². The number of benzene rings is 3. The minimum atomic E-state index is -0.521. The van der Waals surface area contributed by atoms with Gasteiger partial charge in [-0.1, -0.05) is 30.3 Å². The number of methoxy groups -OCH3 is 3. The Bertz CT molecular complexity index is 1340. The van der Waals surface area contributed by atoms with Gasteiger partial charge in [0, 0.05) is 0 Å². The molecule has 184 valence electrons. The maximum atomic E-state index is 13.5. The van der Waals surface area contributed by atoms with Gasteiger partial charge in [-0.05, 0) is 53.7 Å². The van der Waals surface area contributed by atoms with E-state index in [0.29, 0.717) is 27.3 Å². The van der Waals surface area contributed by atoms with Gasteiger partial charge in [0.2, 0.25) is 0 Å². The van der Waals surface area contributed by atoms with Gasteiger partial charge in [0.25, 0.3) is 11.6 Å². The van der Waals surface area contributed by atoms with E-state index in [4.69, 9.17) is 14.2 Å². The second kappa shape index (κ2) is 11.0. The van der Waals surface area contributed by atoms with Crippen LogP contribution < -0.4 is 14.2 Å². The first kappa shape index (κ1) is 24.8. The second-order valence-electron chi connectivity index (χ2n) is 7.60. The quantitative estimate of drug-likeness (QED) is 0.229. The van der Waals surface area contributed by atoms with Gasteiger partial charge in [-0.25, -0.2) is 4.99 Å². The van der Waals surface area contributed by atoms with Crippen LogP contribution >= 0.6 is 11.8 Å². The maximum absolute atomic E-state index is 13.5. The van der Waals surface area contributed by atoms with E-state index in [2.05, 4.69) is 4.99 Å². The molecule has 9 nitrogen and oxygen atoms in total. The molecular weight excluding hydrogens is 482 g/mol. The Balaban J connectivity index is 1.76. The molecule has 1 amide bonds. The molecule has 0 N–H and O–H groups in total. The first-order valence-corrected chi connectivity index (χ1v) is 11.6. The van der Waals surface area contributed by atoms with Gasteiger partial charge in [-0.15, -0.1) is 0 Å². The van der Waals surface area contributed by atoms with Crippen molar-refractivity contribution in [2.24, 2.45) is 4.99 Å². The van der Waals surface area contributed by atoms with Crippen LogP contribution in [0.2, 0.25) is 0 Å². The molecular formula is C26H23N3O6S. The number of rotatable bonds is 8. The number of nitro benzene ring substituents is 1. The summed E-state index contributed by atoms with van der Waals surface area (Å²) >= 11 is 1.16. The first-order chi connectivity index (χ1) is 17.4. The van der Waals surface area contributed by atoms with E-state index < -0.39 is 4.92 Å². The smallest absolute Gasteiger partial charge is 0.280 e. The monoisotopic (exact) mass is 505 g/mol. The van der Waals surface area contributed by atoms with Crippen molar-refractivity contribution in [2.75, 3.05) is 21.3 Å². The molecule has 1 saturated heterocycles. The predicted molar refractivity (Wildman–Crippen MR) is 139 cm³/mol. The minimum Gasteiger partial charge on any atom is -0.497 e. The van der Waals surface area contributed by atoms with Crippen molar-refractivity contribution in [1.29, 1.82) is 0 Å². The summed E-state index contributed by atoms with van der Waals surface area (Å²) in [7, 11) is 4.43. The summed E-state index contributed by atoms with van der Waals surface area (Å²) < 4.78 is 15.7. The lowest BCUT2D eigenvalue weighted by Crippen LogP contribution is -2.28. The molecule has 0 aromatic heterocycles. The molecule has 0 radical (unpaired) electrons. The topological polar surface area (TPSA) is 104 Å². The van der Waals surface area contributed by atoms with Crippen LogP contribution in [0.25, 0.3) is 6.08 Å². The summed E-state index contributed by atoms with van der Waals surface area (Å²) in [6, 6.07) is 19.4. The largest absolute Gasteiger partial charge is 0.497 e. The molecule has 4 rings (SSSR count). The number of nitrogens with zero attached hydrogens (tertiary/aromatic N) is 3. The number of para-hydroxylation sites is 1. The lowest BCUT2D eigenvalue weighted by atomic mass is 10.1. The molecule has 1 aliphatic rings. The molecule has 1 fully saturated rings. The fourth-order valence-electron chi connectivity index (χ4n) is 3.56. The molecule has 3 aromatic carbocycles. The fourth-order valence-corrected chi connectivity index (χ4v) is 4.55. The van der Waals surface area contributed by atoms with Crippen LogP contribution in [0.15, 0.2) is 76.6 Å². The molecule has 0 atom stereocenters. The Morgan fingerprint density at radius 1 is 0.972 bits per heavy atom. The highest BCUT2D eigenvalue weighted by Crippen LogP contribution is 2.40. The van der Waals surface area contributed by atoms with Crippen molar-refractivity contribution < 1.29 is 23.9 Å². The van der Waals surface area contributed by atoms with Crippen molar-refractivity contribution >= 4 is 40.3 Å². The van der Waals surface area contributed by atoms with E-state index in [0.717, 1.165) is 17.3 Å². The highest BCUT2D eigenvalue weighted by Gasteiger charge is 2.34. The van der Waals surface area contributed by atoms with Gasteiger partial charge in [-0.3, -0.25) is 19.8 Å². The highest BCUT2D eigenvalue weighted by atomic mass is 32.2. The zero-order valence-electron chi connectivity index (χ0n) is 19.8. The molecule has 0 spiro atoms. The van der Waals surface area contributed by atoms with Gasteiger partial charge in [0.1, 0.15) is 5.75 Å². The van der Waals surface area contributed by atoms with Crippen molar-refractivity contribution in [2.45, 2.75) is 6.54 Å². The summed E-state index contributed by atoms with van der Waals surface area (Å²) in [5, 5.41) is 12.2. The summed E-state index contributed by atoms with van der Waals surface area (Å²) in [5.74, 6) is 0.942. The average Bonchev–Trinajstić information content (AvgIpc) is 3.18. The Morgan fingerprint density at radius 2 is 1.64 bits per heavy atom. The Labute approximate surface area is 212 Å². The average molecular weight is 506 g/mol. The summed E-state index contributed by atoms with van der Waals surface area (Å²) in [4.78, 5) is 31.3. The molecule has 0 saturated carbocycles. The molecule has 1 aliphatic heterocycles. The molecule has 36 heavy (non-hydrogen) atoms. The highest BCUT2D eigenvalue weighted by molar-refractivity contribution is 8.18. The zero-order valence-corrected chi connectivity index (χ0v) is 20.7. The molecule has 0 aliphatic carbocycles. The van der Waals surface area contributed by atoms with Gasteiger partial charge < -0.3 is 14.2 Å². The van der Waals surface area contributed by atoms with E-state index >= 15 is 0 Å². The minimum absolute atomic E-state index is 0.205. The SMILES string of the molecule is COc1ccc(CN2C(=O)/C(=C/c3cc(OC)c(OC)cc3[N+](=O)[O-])SC2=Nc2ccccc2)cc1. The van der Waals surface area contributed by atoms with Crippen molar-refractivity contribution in [3.8, 4) is 17.2 Å². The van der Waals surface area contributed by atoms with Crippen LogP contribution in [0.1, 0.15) is 11.1 Å². The van der Waals surface area contributed by atoms with Crippen LogP contribution in [-0.2, 0) is 11.3 Å². The van der Waals surface area contributed by atoms with Gasteiger partial charge in [-0.2, -0.15) is 0 Å². The number of hydrogen-bond acceptors (Lipinski definition) is 8. The lowest BCUT2D eigenvalue weighted by Gasteiger charge is -2.16. The number of aliphatic imine (C=N–C) groups is 1. The van der Waals surface area contributed by atoms with Crippen LogP contribution in [0.3, 0.4) is 0 Å². The number of nitro groups is 1.